The molecule has 1 aliphatic heterocycles. The summed E-state index contributed by atoms with van der Waals surface area (Å²) in [4.78, 5) is 2.35. The summed E-state index contributed by atoms with van der Waals surface area (Å²) in [5.74, 6) is 1.60. The Kier molecular flexibility index (Phi) is 6.07. The smallest absolute Gasteiger partial charge is 0.231 e. The van der Waals surface area contributed by atoms with Crippen LogP contribution in [0.15, 0.2) is 18.2 Å². The quantitative estimate of drug-likeness (QED) is 0.748. The summed E-state index contributed by atoms with van der Waals surface area (Å²) in [7, 11) is 0. The number of hydrogen-bond acceptors (Lipinski definition) is 4. The number of nitrogens with zero attached hydrogens (tertiary/aromatic N) is 1. The first-order chi connectivity index (χ1) is 10.2. The minimum Gasteiger partial charge on any atom is -0.454 e. The van der Waals surface area contributed by atoms with Crippen LogP contribution in [-0.4, -0.2) is 43.0 Å². The molecule has 0 amide bonds. The van der Waals surface area contributed by atoms with Gasteiger partial charge in [-0.2, -0.15) is 0 Å². The van der Waals surface area contributed by atoms with E-state index < -0.39 is 0 Å². The zero-order chi connectivity index (χ0) is 15.1. The Labute approximate surface area is 131 Å². The molecule has 0 atom stereocenters. The van der Waals surface area contributed by atoms with Gasteiger partial charge in [-0.1, -0.05) is 19.9 Å². The first kappa shape index (κ1) is 15.9. The SMILES string of the molecule is CCN(CC)CCNC(=S)NCc1ccc2c(c1)OCO2. The second-order valence-corrected chi connectivity index (χ2v) is 5.23. The third kappa shape index (κ3) is 4.75. The van der Waals surface area contributed by atoms with Crippen LogP contribution in [0.2, 0.25) is 0 Å². The van der Waals surface area contributed by atoms with Gasteiger partial charge in [-0.15, -0.1) is 0 Å². The number of thiocarbonyl (C=S) groups is 1. The standard InChI is InChI=1S/C15H23N3O2S/c1-3-18(4-2)8-7-16-15(21)17-10-12-5-6-13-14(9-12)20-11-19-13/h5-6,9H,3-4,7-8,10-11H2,1-2H3,(H2,16,17,21). The van der Waals surface area contributed by atoms with E-state index in [2.05, 4.69) is 29.4 Å². The van der Waals surface area contributed by atoms with E-state index in [4.69, 9.17) is 21.7 Å². The summed E-state index contributed by atoms with van der Waals surface area (Å²) in [6, 6.07) is 5.92. The topological polar surface area (TPSA) is 45.8 Å². The predicted octanol–water partition coefficient (Wildman–Crippen LogP) is 1.72. The highest BCUT2D eigenvalue weighted by Gasteiger charge is 2.12. The molecule has 0 unspecified atom stereocenters. The minimum absolute atomic E-state index is 0.303. The minimum atomic E-state index is 0.303. The van der Waals surface area contributed by atoms with Gasteiger partial charge in [0.1, 0.15) is 0 Å². The second kappa shape index (κ2) is 8.05. The van der Waals surface area contributed by atoms with Crippen LogP contribution < -0.4 is 20.1 Å². The van der Waals surface area contributed by atoms with Crippen molar-refractivity contribution in [2.24, 2.45) is 0 Å². The lowest BCUT2D eigenvalue weighted by Gasteiger charge is -2.19. The fourth-order valence-corrected chi connectivity index (χ4v) is 2.34. The Morgan fingerprint density at radius 1 is 1.19 bits per heavy atom. The molecule has 1 aromatic carbocycles. The Morgan fingerprint density at radius 3 is 2.71 bits per heavy atom. The average Bonchev–Trinajstić information content (AvgIpc) is 2.97. The second-order valence-electron chi connectivity index (χ2n) is 4.82. The molecule has 116 valence electrons. The molecule has 0 spiro atoms. The van der Waals surface area contributed by atoms with Gasteiger partial charge in [-0.3, -0.25) is 0 Å². The third-order valence-electron chi connectivity index (χ3n) is 3.50. The Balaban J connectivity index is 1.69. The highest BCUT2D eigenvalue weighted by Crippen LogP contribution is 2.32. The van der Waals surface area contributed by atoms with E-state index >= 15 is 0 Å². The van der Waals surface area contributed by atoms with Crippen molar-refractivity contribution in [3.8, 4) is 11.5 Å². The molecular formula is C15H23N3O2S. The molecule has 1 heterocycles. The van der Waals surface area contributed by atoms with E-state index in [0.717, 1.165) is 43.2 Å². The summed E-state index contributed by atoms with van der Waals surface area (Å²) in [5, 5.41) is 7.11. The molecule has 1 aliphatic rings. The Hall–Kier alpha value is -1.53. The molecule has 6 heteroatoms. The van der Waals surface area contributed by atoms with E-state index in [9.17, 15) is 0 Å². The molecular weight excluding hydrogens is 286 g/mol. The first-order valence-electron chi connectivity index (χ1n) is 7.35. The third-order valence-corrected chi connectivity index (χ3v) is 3.79. The fraction of sp³-hybridized carbons (Fsp3) is 0.533. The summed E-state index contributed by atoms with van der Waals surface area (Å²) in [5.41, 5.74) is 1.12. The molecule has 0 fully saturated rings. The number of rotatable bonds is 7. The first-order valence-corrected chi connectivity index (χ1v) is 7.76. The number of benzene rings is 1. The van der Waals surface area contributed by atoms with Crippen molar-refractivity contribution >= 4 is 17.3 Å². The van der Waals surface area contributed by atoms with Gasteiger partial charge < -0.3 is 25.0 Å². The van der Waals surface area contributed by atoms with Gasteiger partial charge in [0.15, 0.2) is 16.6 Å². The van der Waals surface area contributed by atoms with Crippen LogP contribution in [-0.2, 0) is 6.54 Å². The molecule has 2 rings (SSSR count). The van der Waals surface area contributed by atoms with Crippen molar-refractivity contribution in [1.29, 1.82) is 0 Å². The summed E-state index contributed by atoms with van der Waals surface area (Å²) < 4.78 is 10.6. The van der Waals surface area contributed by atoms with Gasteiger partial charge in [0, 0.05) is 19.6 Å². The maximum absolute atomic E-state index is 5.36. The van der Waals surface area contributed by atoms with Crippen LogP contribution >= 0.6 is 12.2 Å². The van der Waals surface area contributed by atoms with Crippen LogP contribution in [0.5, 0.6) is 11.5 Å². The van der Waals surface area contributed by atoms with Crippen molar-refractivity contribution in [1.82, 2.24) is 15.5 Å². The highest BCUT2D eigenvalue weighted by atomic mass is 32.1. The number of ether oxygens (including phenoxy) is 2. The molecule has 0 bridgehead atoms. The Morgan fingerprint density at radius 2 is 1.95 bits per heavy atom. The van der Waals surface area contributed by atoms with Crippen LogP contribution in [0.3, 0.4) is 0 Å². The zero-order valence-electron chi connectivity index (χ0n) is 12.6. The van der Waals surface area contributed by atoms with Crippen molar-refractivity contribution < 1.29 is 9.47 Å². The molecule has 2 N–H and O–H groups in total. The number of likely N-dealkylation sites (N-methyl/N-ethyl adjacent to an activating group) is 1. The van der Waals surface area contributed by atoms with E-state index in [0.29, 0.717) is 18.5 Å². The molecule has 0 saturated heterocycles. The van der Waals surface area contributed by atoms with E-state index in [1.165, 1.54) is 0 Å². The molecule has 21 heavy (non-hydrogen) atoms. The average molecular weight is 309 g/mol. The summed E-state index contributed by atoms with van der Waals surface area (Å²) in [6.07, 6.45) is 0. The normalized spacial score (nSPS) is 12.5. The van der Waals surface area contributed by atoms with E-state index in [1.54, 1.807) is 0 Å². The number of nitrogens with one attached hydrogen (secondary N) is 2. The lowest BCUT2D eigenvalue weighted by Crippen LogP contribution is -2.39. The lowest BCUT2D eigenvalue weighted by atomic mass is 10.2. The fourth-order valence-electron chi connectivity index (χ4n) is 2.16. The number of fused-ring (bicyclic) bond motifs is 1. The van der Waals surface area contributed by atoms with E-state index in [1.807, 2.05) is 18.2 Å². The molecule has 0 saturated carbocycles. The maximum Gasteiger partial charge on any atom is 0.231 e. The molecule has 0 aromatic heterocycles. The summed E-state index contributed by atoms with van der Waals surface area (Å²) in [6.45, 7) is 9.29. The van der Waals surface area contributed by atoms with Gasteiger partial charge in [-0.25, -0.2) is 0 Å². The van der Waals surface area contributed by atoms with Gasteiger partial charge in [0.25, 0.3) is 0 Å². The van der Waals surface area contributed by atoms with Crippen LogP contribution in [0, 0.1) is 0 Å². The summed E-state index contributed by atoms with van der Waals surface area (Å²) >= 11 is 5.28. The van der Waals surface area contributed by atoms with Gasteiger partial charge in [0.2, 0.25) is 6.79 Å². The van der Waals surface area contributed by atoms with Gasteiger partial charge >= 0.3 is 0 Å². The molecule has 5 nitrogen and oxygen atoms in total. The van der Waals surface area contributed by atoms with Crippen molar-refractivity contribution in [3.05, 3.63) is 23.8 Å². The van der Waals surface area contributed by atoms with Gasteiger partial charge in [0.05, 0.1) is 0 Å². The molecule has 1 aromatic rings. The van der Waals surface area contributed by atoms with Crippen LogP contribution in [0.4, 0.5) is 0 Å². The lowest BCUT2D eigenvalue weighted by molar-refractivity contribution is 0.174. The van der Waals surface area contributed by atoms with Crippen molar-refractivity contribution in [3.63, 3.8) is 0 Å². The predicted molar refractivity (Wildman–Crippen MR) is 87.8 cm³/mol. The van der Waals surface area contributed by atoms with Crippen LogP contribution in [0.1, 0.15) is 19.4 Å². The van der Waals surface area contributed by atoms with E-state index in [-0.39, 0.29) is 0 Å². The van der Waals surface area contributed by atoms with Crippen molar-refractivity contribution in [2.45, 2.75) is 20.4 Å². The highest BCUT2D eigenvalue weighted by molar-refractivity contribution is 7.80. The maximum atomic E-state index is 5.36. The Bertz CT molecular complexity index is 478. The monoisotopic (exact) mass is 309 g/mol. The largest absolute Gasteiger partial charge is 0.454 e. The molecule has 0 aliphatic carbocycles. The van der Waals surface area contributed by atoms with Crippen molar-refractivity contribution in [2.75, 3.05) is 33.0 Å². The number of hydrogen-bond donors (Lipinski definition) is 2. The molecule has 0 radical (unpaired) electrons. The van der Waals surface area contributed by atoms with Crippen LogP contribution in [0.25, 0.3) is 0 Å². The zero-order valence-corrected chi connectivity index (χ0v) is 13.5. The van der Waals surface area contributed by atoms with Gasteiger partial charge in [-0.05, 0) is 43.0 Å².